The molecule has 20 heavy (non-hydrogen) atoms. The van der Waals surface area contributed by atoms with Gasteiger partial charge in [-0.25, -0.2) is 0 Å². The highest BCUT2D eigenvalue weighted by atomic mass is 16.5. The van der Waals surface area contributed by atoms with Crippen molar-refractivity contribution in [3.05, 3.63) is 29.3 Å². The van der Waals surface area contributed by atoms with E-state index in [2.05, 4.69) is 5.32 Å². The first-order valence-electron chi connectivity index (χ1n) is 7.08. The number of fused-ring (bicyclic) bond motifs is 1. The Morgan fingerprint density at radius 1 is 1.40 bits per heavy atom. The van der Waals surface area contributed by atoms with Crippen molar-refractivity contribution in [2.75, 3.05) is 18.5 Å². The van der Waals surface area contributed by atoms with Crippen LogP contribution in [0.1, 0.15) is 42.6 Å². The number of carbonyl (C=O) groups is 2. The summed E-state index contributed by atoms with van der Waals surface area (Å²) >= 11 is 0. The number of carbonyl (C=O) groups excluding carboxylic acids is 2. The van der Waals surface area contributed by atoms with E-state index in [1.165, 1.54) is 0 Å². The molecule has 0 aliphatic carbocycles. The maximum absolute atomic E-state index is 12.5. The minimum absolute atomic E-state index is 0.0156. The van der Waals surface area contributed by atoms with Gasteiger partial charge in [-0.05, 0) is 50.5 Å². The molecular formula is C16H19NO3. The van der Waals surface area contributed by atoms with Gasteiger partial charge in [0.2, 0.25) is 5.91 Å². The van der Waals surface area contributed by atoms with Crippen molar-refractivity contribution in [3.63, 3.8) is 0 Å². The molecule has 2 heterocycles. The van der Waals surface area contributed by atoms with Gasteiger partial charge in [0.25, 0.3) is 0 Å². The van der Waals surface area contributed by atoms with Gasteiger partial charge in [-0.3, -0.25) is 9.59 Å². The van der Waals surface area contributed by atoms with Gasteiger partial charge in [0.05, 0.1) is 12.0 Å². The molecule has 0 spiro atoms. The topological polar surface area (TPSA) is 55.4 Å². The molecule has 1 N–H and O–H groups in total. The zero-order valence-corrected chi connectivity index (χ0v) is 11.9. The largest absolute Gasteiger partial charge is 0.381 e. The molecule has 0 saturated carbocycles. The number of amides is 1. The first-order valence-corrected chi connectivity index (χ1v) is 7.08. The highest BCUT2D eigenvalue weighted by Gasteiger charge is 2.39. The van der Waals surface area contributed by atoms with E-state index in [-0.39, 0.29) is 17.6 Å². The Morgan fingerprint density at radius 3 is 2.90 bits per heavy atom. The fraction of sp³-hybridized carbons (Fsp3) is 0.500. The van der Waals surface area contributed by atoms with E-state index < -0.39 is 5.41 Å². The Kier molecular flexibility index (Phi) is 3.13. The van der Waals surface area contributed by atoms with E-state index in [1.54, 1.807) is 6.07 Å². The summed E-state index contributed by atoms with van der Waals surface area (Å²) in [7, 11) is 0. The molecule has 1 atom stereocenters. The third-order valence-electron chi connectivity index (χ3n) is 4.32. The maximum Gasteiger partial charge on any atom is 0.234 e. The second-order valence-electron chi connectivity index (χ2n) is 6.12. The zero-order valence-electron chi connectivity index (χ0n) is 11.9. The lowest BCUT2D eigenvalue weighted by molar-refractivity contribution is -0.119. The standard InChI is InChI=1S/C16H19NO3/c1-16(2)12-8-10(5-6-13(12)17-15(16)19)14(18)11-4-3-7-20-9-11/h5-6,8,11H,3-4,7,9H2,1-2H3,(H,17,19). The smallest absolute Gasteiger partial charge is 0.234 e. The van der Waals surface area contributed by atoms with Crippen LogP contribution < -0.4 is 5.32 Å². The molecule has 2 aliphatic rings. The fourth-order valence-corrected chi connectivity index (χ4v) is 2.91. The lowest BCUT2D eigenvalue weighted by Gasteiger charge is -2.21. The summed E-state index contributed by atoms with van der Waals surface area (Å²) in [6.45, 7) is 5.02. The van der Waals surface area contributed by atoms with E-state index >= 15 is 0 Å². The first kappa shape index (κ1) is 13.3. The van der Waals surface area contributed by atoms with Crippen LogP contribution in [0.2, 0.25) is 0 Å². The molecule has 0 aromatic heterocycles. The van der Waals surface area contributed by atoms with E-state index in [1.807, 2.05) is 26.0 Å². The molecule has 4 nitrogen and oxygen atoms in total. The molecule has 1 aromatic carbocycles. The molecule has 1 amide bonds. The number of rotatable bonds is 2. The number of hydrogen-bond acceptors (Lipinski definition) is 3. The van der Waals surface area contributed by atoms with Crippen molar-refractivity contribution < 1.29 is 14.3 Å². The third kappa shape index (κ3) is 2.04. The van der Waals surface area contributed by atoms with E-state index in [4.69, 9.17) is 4.74 Å². The molecule has 0 bridgehead atoms. The Bertz CT molecular complexity index is 571. The van der Waals surface area contributed by atoms with Crippen LogP contribution >= 0.6 is 0 Å². The van der Waals surface area contributed by atoms with Gasteiger partial charge in [-0.1, -0.05) is 0 Å². The average Bonchev–Trinajstić information content (AvgIpc) is 2.69. The van der Waals surface area contributed by atoms with Gasteiger partial charge >= 0.3 is 0 Å². The molecule has 4 heteroatoms. The zero-order chi connectivity index (χ0) is 14.3. The summed E-state index contributed by atoms with van der Waals surface area (Å²) in [6, 6.07) is 5.50. The first-order chi connectivity index (χ1) is 9.50. The Hall–Kier alpha value is -1.68. The summed E-state index contributed by atoms with van der Waals surface area (Å²) in [6.07, 6.45) is 1.82. The highest BCUT2D eigenvalue weighted by Crippen LogP contribution is 2.38. The molecule has 1 unspecified atom stereocenters. The molecule has 2 aliphatic heterocycles. The van der Waals surface area contributed by atoms with Gasteiger partial charge in [0.1, 0.15) is 0 Å². The SMILES string of the molecule is CC1(C)C(=O)Nc2ccc(C(=O)C3CCCOC3)cc21. The van der Waals surface area contributed by atoms with Crippen LogP contribution in [0.3, 0.4) is 0 Å². The van der Waals surface area contributed by atoms with Gasteiger partial charge in [-0.2, -0.15) is 0 Å². The number of ketones is 1. The molecule has 106 valence electrons. The fourth-order valence-electron chi connectivity index (χ4n) is 2.91. The summed E-state index contributed by atoms with van der Waals surface area (Å²) in [5.41, 5.74) is 1.83. The normalized spacial score (nSPS) is 24.1. The van der Waals surface area contributed by atoms with E-state index in [9.17, 15) is 9.59 Å². The molecule has 1 saturated heterocycles. The summed E-state index contributed by atoms with van der Waals surface area (Å²) < 4.78 is 5.39. The highest BCUT2D eigenvalue weighted by molar-refractivity contribution is 6.07. The summed E-state index contributed by atoms with van der Waals surface area (Å²) in [5.74, 6) is 0.0655. The molecule has 1 aromatic rings. The Morgan fingerprint density at radius 2 is 2.20 bits per heavy atom. The van der Waals surface area contributed by atoms with Crippen LogP contribution in [-0.4, -0.2) is 24.9 Å². The van der Waals surface area contributed by atoms with Gasteiger partial charge in [-0.15, -0.1) is 0 Å². The van der Waals surface area contributed by atoms with Gasteiger partial charge < -0.3 is 10.1 Å². The van der Waals surface area contributed by atoms with Crippen molar-refractivity contribution in [3.8, 4) is 0 Å². The van der Waals surface area contributed by atoms with Crippen LogP contribution in [0.15, 0.2) is 18.2 Å². The van der Waals surface area contributed by atoms with Gasteiger partial charge in [0.15, 0.2) is 5.78 Å². The Balaban J connectivity index is 1.91. The molecule has 1 fully saturated rings. The van der Waals surface area contributed by atoms with Crippen LogP contribution in [0.4, 0.5) is 5.69 Å². The van der Waals surface area contributed by atoms with Crippen molar-refractivity contribution in [2.24, 2.45) is 5.92 Å². The van der Waals surface area contributed by atoms with E-state index in [0.29, 0.717) is 12.2 Å². The quantitative estimate of drug-likeness (QED) is 0.842. The van der Waals surface area contributed by atoms with Crippen LogP contribution in [0.25, 0.3) is 0 Å². The van der Waals surface area contributed by atoms with Crippen molar-refractivity contribution in [1.82, 2.24) is 0 Å². The number of nitrogens with one attached hydrogen (secondary N) is 1. The lowest BCUT2D eigenvalue weighted by atomic mass is 9.83. The number of benzene rings is 1. The maximum atomic E-state index is 12.5. The average molecular weight is 273 g/mol. The minimum atomic E-state index is -0.575. The second kappa shape index (κ2) is 4.70. The summed E-state index contributed by atoms with van der Waals surface area (Å²) in [4.78, 5) is 24.4. The molecular weight excluding hydrogens is 254 g/mol. The van der Waals surface area contributed by atoms with Gasteiger partial charge in [0, 0.05) is 23.8 Å². The number of Topliss-reactive ketones (excluding diaryl/α,β-unsaturated/α-hetero) is 1. The number of anilines is 1. The van der Waals surface area contributed by atoms with Crippen LogP contribution in [0.5, 0.6) is 0 Å². The molecule has 0 radical (unpaired) electrons. The summed E-state index contributed by atoms with van der Waals surface area (Å²) in [5, 5.41) is 2.86. The van der Waals surface area contributed by atoms with Crippen LogP contribution in [0, 0.1) is 5.92 Å². The van der Waals surface area contributed by atoms with Crippen molar-refractivity contribution in [2.45, 2.75) is 32.1 Å². The lowest BCUT2D eigenvalue weighted by Crippen LogP contribution is -2.27. The third-order valence-corrected chi connectivity index (χ3v) is 4.32. The van der Waals surface area contributed by atoms with E-state index in [0.717, 1.165) is 30.7 Å². The predicted molar refractivity (Wildman–Crippen MR) is 76.0 cm³/mol. The van der Waals surface area contributed by atoms with Crippen molar-refractivity contribution >= 4 is 17.4 Å². The predicted octanol–water partition coefficient (Wildman–Crippen LogP) is 2.53. The Labute approximate surface area is 118 Å². The minimum Gasteiger partial charge on any atom is -0.381 e. The number of ether oxygens (including phenoxy) is 1. The van der Waals surface area contributed by atoms with Crippen LogP contribution in [-0.2, 0) is 14.9 Å². The second-order valence-corrected chi connectivity index (χ2v) is 6.12. The molecule has 3 rings (SSSR count). The monoisotopic (exact) mass is 273 g/mol. The number of hydrogen-bond donors (Lipinski definition) is 1. The van der Waals surface area contributed by atoms with Crippen molar-refractivity contribution in [1.29, 1.82) is 0 Å².